The standard InChI is InChI=1S/C29H35ClF4/c1-2-3-18-4-6-19(7-5-18)8-9-20-10-12-21(13-11-20)22-14-24(31)28(25(32)15-22)23-16-26(33)29(30)27(34)17-23/h14-21H,2-13H2,1H3/t18-,19-,20-,21-. The van der Waals surface area contributed by atoms with Crippen LogP contribution in [0.4, 0.5) is 17.6 Å². The van der Waals surface area contributed by atoms with Crippen LogP contribution in [-0.2, 0) is 0 Å². The third-order valence-corrected chi connectivity index (χ3v) is 8.66. The molecule has 0 aliphatic heterocycles. The number of halogens is 5. The topological polar surface area (TPSA) is 0 Å². The fraction of sp³-hybridized carbons (Fsp3) is 0.586. The Bertz CT molecular complexity index is 926. The molecule has 2 aromatic rings. The van der Waals surface area contributed by atoms with Gasteiger partial charge in [0.15, 0.2) is 0 Å². The van der Waals surface area contributed by atoms with Gasteiger partial charge in [-0.05, 0) is 84.7 Å². The van der Waals surface area contributed by atoms with Gasteiger partial charge in [-0.3, -0.25) is 0 Å². The fourth-order valence-electron chi connectivity index (χ4n) is 6.28. The third kappa shape index (κ3) is 5.98. The summed E-state index contributed by atoms with van der Waals surface area (Å²) in [5.41, 5.74) is 0.0373. The predicted molar refractivity (Wildman–Crippen MR) is 131 cm³/mol. The quantitative estimate of drug-likeness (QED) is 0.265. The van der Waals surface area contributed by atoms with Gasteiger partial charge in [0, 0.05) is 0 Å². The highest BCUT2D eigenvalue weighted by atomic mass is 35.5. The molecule has 0 spiro atoms. The van der Waals surface area contributed by atoms with Gasteiger partial charge < -0.3 is 0 Å². The molecule has 0 amide bonds. The van der Waals surface area contributed by atoms with Gasteiger partial charge >= 0.3 is 0 Å². The first-order chi connectivity index (χ1) is 16.4. The van der Waals surface area contributed by atoms with E-state index < -0.39 is 33.9 Å². The summed E-state index contributed by atoms with van der Waals surface area (Å²) >= 11 is 5.50. The van der Waals surface area contributed by atoms with Crippen molar-refractivity contribution in [2.75, 3.05) is 0 Å². The fourth-order valence-corrected chi connectivity index (χ4v) is 6.39. The van der Waals surface area contributed by atoms with Crippen molar-refractivity contribution in [1.82, 2.24) is 0 Å². The molecule has 0 atom stereocenters. The molecule has 0 nitrogen and oxygen atoms in total. The molecule has 0 N–H and O–H groups in total. The Hall–Kier alpha value is -1.55. The minimum absolute atomic E-state index is 0.123. The second-order valence-electron chi connectivity index (χ2n) is 10.6. The first kappa shape index (κ1) is 25.5. The molecule has 34 heavy (non-hydrogen) atoms. The lowest BCUT2D eigenvalue weighted by Gasteiger charge is -2.32. The Balaban J connectivity index is 1.32. The van der Waals surface area contributed by atoms with E-state index in [2.05, 4.69) is 6.92 Å². The van der Waals surface area contributed by atoms with Gasteiger partial charge in [0.1, 0.15) is 28.3 Å². The summed E-state index contributed by atoms with van der Waals surface area (Å²) in [6.07, 6.45) is 14.9. The van der Waals surface area contributed by atoms with Crippen molar-refractivity contribution in [3.05, 3.63) is 58.1 Å². The van der Waals surface area contributed by atoms with Gasteiger partial charge in [-0.15, -0.1) is 0 Å². The maximum Gasteiger partial charge on any atom is 0.145 e. The van der Waals surface area contributed by atoms with Crippen molar-refractivity contribution in [1.29, 1.82) is 0 Å². The lowest BCUT2D eigenvalue weighted by Crippen LogP contribution is -2.18. The number of rotatable bonds is 7. The first-order valence-corrected chi connectivity index (χ1v) is 13.4. The Morgan fingerprint density at radius 1 is 0.647 bits per heavy atom. The highest BCUT2D eigenvalue weighted by molar-refractivity contribution is 6.31. The van der Waals surface area contributed by atoms with Crippen LogP contribution in [0.15, 0.2) is 24.3 Å². The lowest BCUT2D eigenvalue weighted by atomic mass is 9.74. The Morgan fingerprint density at radius 2 is 1.09 bits per heavy atom. The van der Waals surface area contributed by atoms with Gasteiger partial charge in [0.05, 0.1) is 5.56 Å². The molecular formula is C29H35ClF4. The molecule has 2 aliphatic carbocycles. The van der Waals surface area contributed by atoms with E-state index >= 15 is 0 Å². The summed E-state index contributed by atoms with van der Waals surface area (Å²) in [4.78, 5) is 0. The van der Waals surface area contributed by atoms with Crippen molar-refractivity contribution in [3.63, 3.8) is 0 Å². The molecule has 2 saturated carbocycles. The average Bonchev–Trinajstić information content (AvgIpc) is 2.82. The maximum absolute atomic E-state index is 14.9. The summed E-state index contributed by atoms with van der Waals surface area (Å²) in [5, 5.41) is -0.679. The Kier molecular flexibility index (Phi) is 8.61. The number of hydrogen-bond donors (Lipinski definition) is 0. The molecule has 0 unspecified atom stereocenters. The van der Waals surface area contributed by atoms with Crippen LogP contribution in [0.1, 0.15) is 95.5 Å². The summed E-state index contributed by atoms with van der Waals surface area (Å²) < 4.78 is 57.4. The zero-order valence-electron chi connectivity index (χ0n) is 20.0. The van der Waals surface area contributed by atoms with Crippen LogP contribution in [-0.4, -0.2) is 0 Å². The van der Waals surface area contributed by atoms with Crippen LogP contribution in [0.25, 0.3) is 11.1 Å². The molecule has 2 aromatic carbocycles. The molecule has 0 aromatic heterocycles. The number of hydrogen-bond acceptors (Lipinski definition) is 0. The average molecular weight is 495 g/mol. The lowest BCUT2D eigenvalue weighted by molar-refractivity contribution is 0.224. The van der Waals surface area contributed by atoms with E-state index in [4.69, 9.17) is 11.6 Å². The van der Waals surface area contributed by atoms with Crippen molar-refractivity contribution < 1.29 is 17.6 Å². The van der Waals surface area contributed by atoms with Gasteiger partial charge in [-0.25, -0.2) is 17.6 Å². The molecule has 4 rings (SSSR count). The smallest absolute Gasteiger partial charge is 0.145 e. The zero-order valence-corrected chi connectivity index (χ0v) is 20.7. The zero-order chi connectivity index (χ0) is 24.2. The van der Waals surface area contributed by atoms with Gasteiger partial charge in [-0.1, -0.05) is 69.9 Å². The summed E-state index contributed by atoms with van der Waals surface area (Å²) in [6.45, 7) is 2.28. The van der Waals surface area contributed by atoms with Crippen LogP contribution >= 0.6 is 11.6 Å². The Morgan fingerprint density at radius 3 is 1.56 bits per heavy atom. The molecule has 0 heterocycles. The van der Waals surface area contributed by atoms with Crippen molar-refractivity contribution in [2.24, 2.45) is 17.8 Å². The van der Waals surface area contributed by atoms with Crippen LogP contribution in [0.3, 0.4) is 0 Å². The normalized spacial score (nSPS) is 25.5. The summed E-state index contributed by atoms with van der Waals surface area (Å²) in [7, 11) is 0. The van der Waals surface area contributed by atoms with Crippen LogP contribution in [0.5, 0.6) is 0 Å². The second-order valence-corrected chi connectivity index (χ2v) is 11.0. The van der Waals surface area contributed by atoms with E-state index in [0.717, 1.165) is 49.7 Å². The van der Waals surface area contributed by atoms with Crippen LogP contribution in [0.2, 0.25) is 5.02 Å². The van der Waals surface area contributed by atoms with Crippen molar-refractivity contribution in [2.45, 2.75) is 89.9 Å². The van der Waals surface area contributed by atoms with E-state index in [-0.39, 0.29) is 11.5 Å². The molecule has 2 fully saturated rings. The maximum atomic E-state index is 14.9. The van der Waals surface area contributed by atoms with Crippen molar-refractivity contribution >= 4 is 11.6 Å². The second kappa shape index (κ2) is 11.5. The molecular weight excluding hydrogens is 460 g/mol. The SMILES string of the molecule is CCC[C@H]1CC[C@H](CC[C@H]2CC[C@H](c3cc(F)c(-c4cc(F)c(Cl)c(F)c4)c(F)c3)CC2)CC1. The third-order valence-electron chi connectivity index (χ3n) is 8.30. The van der Waals surface area contributed by atoms with Gasteiger partial charge in [-0.2, -0.15) is 0 Å². The molecule has 186 valence electrons. The van der Waals surface area contributed by atoms with Gasteiger partial charge in [0.25, 0.3) is 0 Å². The Labute approximate surface area is 206 Å². The molecule has 0 bridgehead atoms. The molecule has 2 aliphatic rings. The number of benzene rings is 2. The van der Waals surface area contributed by atoms with Gasteiger partial charge in [0.2, 0.25) is 0 Å². The van der Waals surface area contributed by atoms with E-state index in [1.54, 1.807) is 0 Å². The minimum Gasteiger partial charge on any atom is -0.206 e. The largest absolute Gasteiger partial charge is 0.206 e. The van der Waals surface area contributed by atoms with E-state index in [1.165, 1.54) is 63.5 Å². The molecule has 0 radical (unpaired) electrons. The molecule has 5 heteroatoms. The highest BCUT2D eigenvalue weighted by Crippen LogP contribution is 2.41. The van der Waals surface area contributed by atoms with E-state index in [0.29, 0.717) is 11.5 Å². The summed E-state index contributed by atoms with van der Waals surface area (Å²) in [5.74, 6) is -1.01. The minimum atomic E-state index is -1.04. The van der Waals surface area contributed by atoms with E-state index in [1.807, 2.05) is 0 Å². The molecule has 0 saturated heterocycles. The van der Waals surface area contributed by atoms with Crippen LogP contribution < -0.4 is 0 Å². The predicted octanol–water partition coefficient (Wildman–Crippen LogP) is 10.2. The van der Waals surface area contributed by atoms with Crippen LogP contribution in [0, 0.1) is 41.0 Å². The van der Waals surface area contributed by atoms with Crippen molar-refractivity contribution in [3.8, 4) is 11.1 Å². The highest BCUT2D eigenvalue weighted by Gasteiger charge is 2.27. The van der Waals surface area contributed by atoms with E-state index in [9.17, 15) is 17.6 Å². The first-order valence-electron chi connectivity index (χ1n) is 13.0. The monoisotopic (exact) mass is 494 g/mol. The summed E-state index contributed by atoms with van der Waals surface area (Å²) in [6, 6.07) is 4.41.